The minimum atomic E-state index is -4.06. The number of esters is 1. The molecular weight excluding hydrogens is 317 g/mol. The van der Waals surface area contributed by atoms with Gasteiger partial charge in [-0.2, -0.15) is 0 Å². The van der Waals surface area contributed by atoms with Crippen molar-refractivity contribution >= 4 is 22.0 Å². The fourth-order valence-corrected chi connectivity index (χ4v) is 2.95. The van der Waals surface area contributed by atoms with Gasteiger partial charge in [-0.3, -0.25) is 4.79 Å². The van der Waals surface area contributed by atoms with Crippen LogP contribution in [0, 0.1) is 11.7 Å². The van der Waals surface area contributed by atoms with Crippen molar-refractivity contribution in [1.29, 1.82) is 0 Å². The van der Waals surface area contributed by atoms with Gasteiger partial charge in [-0.05, 0) is 18.2 Å². The largest absolute Gasteiger partial charge is 0.481 e. The fourth-order valence-electron chi connectivity index (χ4n) is 1.67. The van der Waals surface area contributed by atoms with E-state index < -0.39 is 33.7 Å². The number of carbonyl (C=O) groups excluding carboxylic acids is 1. The Labute approximate surface area is 127 Å². The average Bonchev–Trinajstić information content (AvgIpc) is 2.45. The third-order valence-electron chi connectivity index (χ3n) is 3.01. The van der Waals surface area contributed by atoms with Crippen LogP contribution in [-0.2, 0) is 19.6 Å². The van der Waals surface area contributed by atoms with E-state index in [2.05, 4.69) is 4.74 Å². The maximum atomic E-state index is 13.8. The van der Waals surface area contributed by atoms with Crippen molar-refractivity contribution in [1.82, 2.24) is 4.31 Å². The van der Waals surface area contributed by atoms with Crippen LogP contribution in [0.3, 0.4) is 0 Å². The van der Waals surface area contributed by atoms with Gasteiger partial charge in [0.2, 0.25) is 10.0 Å². The van der Waals surface area contributed by atoms with Gasteiger partial charge in [0.25, 0.3) is 0 Å². The molecule has 1 rings (SSSR count). The highest BCUT2D eigenvalue weighted by molar-refractivity contribution is 7.89. The number of carboxylic acid groups (broad SMARTS) is 1. The van der Waals surface area contributed by atoms with Crippen LogP contribution in [-0.4, -0.2) is 50.5 Å². The van der Waals surface area contributed by atoms with E-state index in [1.807, 2.05) is 0 Å². The summed E-state index contributed by atoms with van der Waals surface area (Å²) in [7, 11) is -1.79. The first-order valence-electron chi connectivity index (χ1n) is 6.18. The lowest BCUT2D eigenvalue weighted by molar-refractivity contribution is -0.141. The first-order valence-corrected chi connectivity index (χ1v) is 7.62. The van der Waals surface area contributed by atoms with Crippen molar-refractivity contribution in [2.75, 3.05) is 20.7 Å². The Morgan fingerprint density at radius 3 is 2.45 bits per heavy atom. The number of hydrogen-bond donors (Lipinski definition) is 1. The molecule has 1 atom stereocenters. The number of carboxylic acids is 1. The van der Waals surface area contributed by atoms with Crippen molar-refractivity contribution in [2.45, 2.75) is 11.8 Å². The Bertz CT molecular complexity index is 688. The minimum absolute atomic E-state index is 0.266. The van der Waals surface area contributed by atoms with Crippen LogP contribution in [0.2, 0.25) is 0 Å². The van der Waals surface area contributed by atoms with Gasteiger partial charge in [0.1, 0.15) is 5.82 Å². The summed E-state index contributed by atoms with van der Waals surface area (Å²) in [4.78, 5) is 21.7. The van der Waals surface area contributed by atoms with E-state index in [0.717, 1.165) is 23.5 Å². The molecule has 7 nitrogen and oxygen atoms in total. The molecule has 0 fully saturated rings. The summed E-state index contributed by atoms with van der Waals surface area (Å²) < 4.78 is 43.5. The highest BCUT2D eigenvalue weighted by Gasteiger charge is 2.26. The topological polar surface area (TPSA) is 101 Å². The average molecular weight is 333 g/mol. The Balaban J connectivity index is 3.11. The van der Waals surface area contributed by atoms with E-state index in [9.17, 15) is 22.4 Å². The summed E-state index contributed by atoms with van der Waals surface area (Å²) in [5.74, 6) is -4.02. The van der Waals surface area contributed by atoms with Gasteiger partial charge in [0.15, 0.2) is 0 Å². The third kappa shape index (κ3) is 3.80. The molecule has 0 spiro atoms. The monoisotopic (exact) mass is 333 g/mol. The van der Waals surface area contributed by atoms with Gasteiger partial charge in [-0.25, -0.2) is 21.9 Å². The van der Waals surface area contributed by atoms with Crippen molar-refractivity contribution < 1.29 is 32.2 Å². The van der Waals surface area contributed by atoms with E-state index >= 15 is 0 Å². The zero-order valence-corrected chi connectivity index (χ0v) is 13.1. The highest BCUT2D eigenvalue weighted by atomic mass is 32.2. The summed E-state index contributed by atoms with van der Waals surface area (Å²) in [6.45, 7) is 1.09. The zero-order chi connectivity index (χ0) is 17.1. The molecule has 1 unspecified atom stereocenters. The summed E-state index contributed by atoms with van der Waals surface area (Å²) in [6, 6.07) is 2.76. The van der Waals surface area contributed by atoms with Crippen LogP contribution in [0.25, 0.3) is 0 Å². The third-order valence-corrected chi connectivity index (χ3v) is 4.83. The quantitative estimate of drug-likeness (QED) is 0.778. The van der Waals surface area contributed by atoms with Crippen molar-refractivity contribution in [3.05, 3.63) is 29.6 Å². The predicted molar refractivity (Wildman–Crippen MR) is 74.4 cm³/mol. The predicted octanol–water partition coefficient (Wildman–Crippen LogP) is 0.953. The standard InChI is InChI=1S/C13H16FNO6S/c1-8(12(16)17)7-15(2)22(19,20)9-4-5-10(11(14)6-9)13(18)21-3/h4-6,8H,7H2,1-3H3,(H,16,17). The molecule has 9 heteroatoms. The number of nitrogens with zero attached hydrogens (tertiary/aromatic N) is 1. The van der Waals surface area contributed by atoms with Gasteiger partial charge in [-0.1, -0.05) is 6.92 Å². The van der Waals surface area contributed by atoms with Gasteiger partial charge in [0.05, 0.1) is 23.5 Å². The smallest absolute Gasteiger partial charge is 0.340 e. The molecule has 0 saturated heterocycles. The van der Waals surface area contributed by atoms with Gasteiger partial charge >= 0.3 is 11.9 Å². The molecule has 1 aromatic carbocycles. The lowest BCUT2D eigenvalue weighted by Crippen LogP contribution is -2.33. The minimum Gasteiger partial charge on any atom is -0.481 e. The SMILES string of the molecule is COC(=O)c1ccc(S(=O)(=O)N(C)CC(C)C(=O)O)cc1F. The van der Waals surface area contributed by atoms with Crippen molar-refractivity contribution in [3.8, 4) is 0 Å². The second-order valence-corrected chi connectivity index (χ2v) is 6.70. The van der Waals surface area contributed by atoms with Crippen LogP contribution in [0.5, 0.6) is 0 Å². The lowest BCUT2D eigenvalue weighted by atomic mass is 10.2. The Morgan fingerprint density at radius 1 is 1.41 bits per heavy atom. The number of benzene rings is 1. The summed E-state index contributed by atoms with van der Waals surface area (Å²) in [6.07, 6.45) is 0. The number of aliphatic carboxylic acids is 1. The summed E-state index contributed by atoms with van der Waals surface area (Å²) in [5.41, 5.74) is -0.386. The number of halogens is 1. The van der Waals surface area contributed by atoms with Crippen LogP contribution in [0.15, 0.2) is 23.1 Å². The van der Waals surface area contributed by atoms with E-state index in [4.69, 9.17) is 5.11 Å². The molecule has 0 radical (unpaired) electrons. The number of sulfonamides is 1. The molecule has 0 bridgehead atoms. The molecule has 1 aromatic rings. The molecule has 122 valence electrons. The molecular formula is C13H16FNO6S. The second-order valence-electron chi connectivity index (χ2n) is 4.66. The first kappa shape index (κ1) is 18.1. The molecule has 22 heavy (non-hydrogen) atoms. The number of rotatable bonds is 6. The van der Waals surface area contributed by atoms with E-state index in [1.54, 1.807) is 0 Å². The van der Waals surface area contributed by atoms with Gasteiger partial charge in [-0.15, -0.1) is 0 Å². The van der Waals surface area contributed by atoms with Crippen molar-refractivity contribution in [2.24, 2.45) is 5.92 Å². The van der Waals surface area contributed by atoms with E-state index in [1.165, 1.54) is 14.0 Å². The molecule has 1 N–H and O–H groups in total. The van der Waals surface area contributed by atoms with Crippen LogP contribution in [0.1, 0.15) is 17.3 Å². The number of methoxy groups -OCH3 is 1. The molecule has 0 amide bonds. The second kappa shape index (κ2) is 6.84. The molecule has 0 aromatic heterocycles. The summed E-state index contributed by atoms with van der Waals surface area (Å²) >= 11 is 0. The Hall–Kier alpha value is -2.00. The Morgan fingerprint density at radius 2 is 2.00 bits per heavy atom. The maximum absolute atomic E-state index is 13.8. The number of carbonyl (C=O) groups is 2. The molecule has 0 aliphatic carbocycles. The maximum Gasteiger partial charge on any atom is 0.340 e. The van der Waals surface area contributed by atoms with Crippen LogP contribution < -0.4 is 0 Å². The summed E-state index contributed by atoms with van der Waals surface area (Å²) in [5, 5.41) is 8.80. The van der Waals surface area contributed by atoms with Crippen LogP contribution >= 0.6 is 0 Å². The molecule has 0 aliphatic heterocycles. The Kier molecular flexibility index (Phi) is 5.61. The number of hydrogen-bond acceptors (Lipinski definition) is 5. The number of ether oxygens (including phenoxy) is 1. The van der Waals surface area contributed by atoms with E-state index in [0.29, 0.717) is 6.07 Å². The zero-order valence-electron chi connectivity index (χ0n) is 12.2. The van der Waals surface area contributed by atoms with Crippen molar-refractivity contribution in [3.63, 3.8) is 0 Å². The molecule has 0 aliphatic rings. The normalized spacial score (nSPS) is 13.0. The fraction of sp³-hybridized carbons (Fsp3) is 0.385. The first-order chi connectivity index (χ1) is 10.1. The lowest BCUT2D eigenvalue weighted by Gasteiger charge is -2.19. The van der Waals surface area contributed by atoms with Gasteiger partial charge < -0.3 is 9.84 Å². The highest BCUT2D eigenvalue weighted by Crippen LogP contribution is 2.19. The van der Waals surface area contributed by atoms with Crippen LogP contribution in [0.4, 0.5) is 4.39 Å². The van der Waals surface area contributed by atoms with Gasteiger partial charge in [0, 0.05) is 13.6 Å². The molecule has 0 heterocycles. The molecule has 0 saturated carbocycles. The van der Waals surface area contributed by atoms with E-state index in [-0.39, 0.29) is 17.0 Å².